The quantitative estimate of drug-likeness (QED) is 0.492. The van der Waals surface area contributed by atoms with Gasteiger partial charge in [0.1, 0.15) is 5.75 Å². The topological polar surface area (TPSA) is 113 Å². The Kier molecular flexibility index (Phi) is 5.11. The molecule has 0 aliphatic carbocycles. The van der Waals surface area contributed by atoms with Crippen molar-refractivity contribution >= 4 is 21.8 Å². The fourth-order valence-electron chi connectivity index (χ4n) is 2.08. The lowest BCUT2D eigenvalue weighted by atomic mass is 10.3. The van der Waals surface area contributed by atoms with Crippen molar-refractivity contribution in [2.45, 2.75) is 10.1 Å². The summed E-state index contributed by atoms with van der Waals surface area (Å²) >= 11 is 1.50. The van der Waals surface area contributed by atoms with Gasteiger partial charge in [0.05, 0.1) is 17.8 Å². The summed E-state index contributed by atoms with van der Waals surface area (Å²) in [5.41, 5.74) is 0. The summed E-state index contributed by atoms with van der Waals surface area (Å²) in [5, 5.41) is 14.1. The number of aromatic nitrogens is 3. The highest BCUT2D eigenvalue weighted by Crippen LogP contribution is 2.23. The fraction of sp³-hybridized carbons (Fsp3) is 0.200. The van der Waals surface area contributed by atoms with Gasteiger partial charge in [-0.2, -0.15) is 0 Å². The molecule has 2 heterocycles. The summed E-state index contributed by atoms with van der Waals surface area (Å²) in [6.45, 7) is 0.433. The smallest absolute Gasteiger partial charge is 0.238 e. The number of sulfonamides is 1. The number of hydrogen-bond acceptors (Lipinski definition) is 7. The van der Waals surface area contributed by atoms with Gasteiger partial charge in [0.15, 0.2) is 16.7 Å². The van der Waals surface area contributed by atoms with E-state index in [9.17, 15) is 8.42 Å². The maximum absolute atomic E-state index is 11.2. The Hall–Kier alpha value is -2.30. The van der Waals surface area contributed by atoms with E-state index in [1.807, 2.05) is 17.7 Å². The molecule has 0 unspecified atom stereocenters. The minimum Gasteiger partial charge on any atom is -0.493 e. The largest absolute Gasteiger partial charge is 0.493 e. The molecule has 0 aliphatic heterocycles. The minimum absolute atomic E-state index is 0.0544. The minimum atomic E-state index is -3.69. The lowest BCUT2D eigenvalue weighted by Gasteiger charge is -2.06. The number of nitrogens with zero attached hydrogens (tertiary/aromatic N) is 3. The van der Waals surface area contributed by atoms with E-state index in [0.29, 0.717) is 29.7 Å². The third-order valence-electron chi connectivity index (χ3n) is 3.31. The first kappa shape index (κ1) is 17.5. The molecule has 0 bridgehead atoms. The van der Waals surface area contributed by atoms with Gasteiger partial charge in [0.25, 0.3) is 0 Å². The molecule has 132 valence electrons. The van der Waals surface area contributed by atoms with Gasteiger partial charge in [0.2, 0.25) is 10.0 Å². The van der Waals surface area contributed by atoms with Crippen molar-refractivity contribution in [3.63, 3.8) is 0 Å². The van der Waals surface area contributed by atoms with Crippen molar-refractivity contribution in [2.24, 2.45) is 12.2 Å². The number of furan rings is 1. The van der Waals surface area contributed by atoms with E-state index in [1.54, 1.807) is 24.5 Å². The van der Waals surface area contributed by atoms with Gasteiger partial charge in [-0.3, -0.25) is 0 Å². The van der Waals surface area contributed by atoms with E-state index in [0.717, 1.165) is 5.16 Å². The van der Waals surface area contributed by atoms with E-state index >= 15 is 0 Å². The van der Waals surface area contributed by atoms with Gasteiger partial charge < -0.3 is 13.7 Å². The molecule has 0 radical (unpaired) electrons. The predicted molar refractivity (Wildman–Crippen MR) is 92.7 cm³/mol. The van der Waals surface area contributed by atoms with Gasteiger partial charge in [-0.05, 0) is 36.4 Å². The Morgan fingerprint density at radius 2 is 2.00 bits per heavy atom. The number of rotatable bonds is 7. The monoisotopic (exact) mass is 380 g/mol. The molecule has 0 atom stereocenters. The van der Waals surface area contributed by atoms with E-state index in [2.05, 4.69) is 10.2 Å². The van der Waals surface area contributed by atoms with Crippen LogP contribution in [0.15, 0.2) is 57.1 Å². The Bertz CT molecular complexity index is 935. The summed E-state index contributed by atoms with van der Waals surface area (Å²) in [4.78, 5) is 0.0544. The molecule has 3 rings (SSSR count). The lowest BCUT2D eigenvalue weighted by molar-refractivity contribution is 0.343. The summed E-state index contributed by atoms with van der Waals surface area (Å²) in [5.74, 6) is 2.54. The number of hydrogen-bond donors (Lipinski definition) is 1. The van der Waals surface area contributed by atoms with Crippen LogP contribution in [0.25, 0.3) is 11.6 Å². The van der Waals surface area contributed by atoms with E-state index in [1.165, 1.54) is 23.9 Å². The van der Waals surface area contributed by atoms with Crippen LogP contribution in [-0.2, 0) is 17.1 Å². The molecule has 0 spiro atoms. The molecule has 0 aliphatic rings. The number of benzene rings is 1. The van der Waals surface area contributed by atoms with Gasteiger partial charge in [0, 0.05) is 12.8 Å². The van der Waals surface area contributed by atoms with Crippen LogP contribution in [-0.4, -0.2) is 35.5 Å². The van der Waals surface area contributed by atoms with Crippen LogP contribution >= 0.6 is 11.8 Å². The zero-order valence-electron chi connectivity index (χ0n) is 13.3. The normalized spacial score (nSPS) is 11.6. The molecular weight excluding hydrogens is 364 g/mol. The molecule has 2 aromatic heterocycles. The predicted octanol–water partition coefficient (Wildman–Crippen LogP) is 1.89. The zero-order valence-corrected chi connectivity index (χ0v) is 15.0. The third-order valence-corrected chi connectivity index (χ3v) is 5.23. The number of primary sulfonamides is 1. The highest BCUT2D eigenvalue weighted by Gasteiger charge is 2.13. The summed E-state index contributed by atoms with van der Waals surface area (Å²) < 4.78 is 35.1. The molecule has 25 heavy (non-hydrogen) atoms. The van der Waals surface area contributed by atoms with Crippen molar-refractivity contribution < 1.29 is 17.6 Å². The SMILES string of the molecule is Cn1c(SCCOc2ccc(S(N)(=O)=O)cc2)nnc1-c1ccco1. The molecule has 8 nitrogen and oxygen atoms in total. The Labute approximate surface area is 149 Å². The van der Waals surface area contributed by atoms with Crippen LogP contribution in [0, 0.1) is 0 Å². The number of thioether (sulfide) groups is 1. The van der Waals surface area contributed by atoms with E-state index in [-0.39, 0.29) is 4.90 Å². The van der Waals surface area contributed by atoms with Crippen molar-refractivity contribution in [3.8, 4) is 17.3 Å². The molecule has 3 aromatic rings. The Morgan fingerprint density at radius 3 is 2.64 bits per heavy atom. The van der Waals surface area contributed by atoms with Crippen LogP contribution in [0.4, 0.5) is 0 Å². The second kappa shape index (κ2) is 7.30. The molecule has 2 N–H and O–H groups in total. The number of nitrogens with two attached hydrogens (primary N) is 1. The zero-order chi connectivity index (χ0) is 17.9. The summed E-state index contributed by atoms with van der Waals surface area (Å²) in [6, 6.07) is 9.59. The molecule has 0 saturated heterocycles. The number of ether oxygens (including phenoxy) is 1. The van der Waals surface area contributed by atoms with E-state index < -0.39 is 10.0 Å². The van der Waals surface area contributed by atoms with Crippen molar-refractivity contribution in [3.05, 3.63) is 42.7 Å². The van der Waals surface area contributed by atoms with Crippen LogP contribution in [0.5, 0.6) is 5.75 Å². The standard InChI is InChI=1S/C15H16N4O4S2/c1-19-14(13-3-2-8-23-13)17-18-15(19)24-10-9-22-11-4-6-12(7-5-11)25(16,20)21/h2-8H,9-10H2,1H3,(H2,16,20,21). The van der Waals surface area contributed by atoms with Crippen LogP contribution in [0.2, 0.25) is 0 Å². The first-order chi connectivity index (χ1) is 11.9. The van der Waals surface area contributed by atoms with Gasteiger partial charge in [-0.1, -0.05) is 11.8 Å². The average Bonchev–Trinajstić information content (AvgIpc) is 3.21. The maximum atomic E-state index is 11.2. The average molecular weight is 380 g/mol. The van der Waals surface area contributed by atoms with Crippen molar-refractivity contribution in [1.29, 1.82) is 0 Å². The molecular formula is C15H16N4O4S2. The molecule has 0 fully saturated rings. The first-order valence-electron chi connectivity index (χ1n) is 7.27. The van der Waals surface area contributed by atoms with Crippen LogP contribution < -0.4 is 9.88 Å². The Morgan fingerprint density at radius 1 is 1.24 bits per heavy atom. The van der Waals surface area contributed by atoms with Gasteiger partial charge in [-0.15, -0.1) is 10.2 Å². The van der Waals surface area contributed by atoms with Crippen molar-refractivity contribution in [1.82, 2.24) is 14.8 Å². The molecule has 0 saturated carbocycles. The first-order valence-corrected chi connectivity index (χ1v) is 9.80. The fourth-order valence-corrected chi connectivity index (χ4v) is 3.32. The lowest BCUT2D eigenvalue weighted by Crippen LogP contribution is -2.11. The van der Waals surface area contributed by atoms with Crippen LogP contribution in [0.3, 0.4) is 0 Å². The third kappa shape index (κ3) is 4.21. The molecule has 0 amide bonds. The van der Waals surface area contributed by atoms with Crippen molar-refractivity contribution in [2.75, 3.05) is 12.4 Å². The second-order valence-corrected chi connectivity index (χ2v) is 7.68. The van der Waals surface area contributed by atoms with Gasteiger partial charge in [-0.25, -0.2) is 13.6 Å². The summed E-state index contributed by atoms with van der Waals surface area (Å²) in [6.07, 6.45) is 1.59. The van der Waals surface area contributed by atoms with Gasteiger partial charge >= 0.3 is 0 Å². The van der Waals surface area contributed by atoms with E-state index in [4.69, 9.17) is 14.3 Å². The molecule has 1 aromatic carbocycles. The highest BCUT2D eigenvalue weighted by molar-refractivity contribution is 7.99. The Balaban J connectivity index is 1.52. The second-order valence-electron chi connectivity index (χ2n) is 5.06. The maximum Gasteiger partial charge on any atom is 0.238 e. The molecule has 10 heteroatoms. The highest BCUT2D eigenvalue weighted by atomic mass is 32.2. The van der Waals surface area contributed by atoms with Crippen LogP contribution in [0.1, 0.15) is 0 Å². The summed E-state index contributed by atoms with van der Waals surface area (Å²) in [7, 11) is -1.82.